The summed E-state index contributed by atoms with van der Waals surface area (Å²) in [5.41, 5.74) is 2.29. The Labute approximate surface area is 133 Å². The molecule has 21 heavy (non-hydrogen) atoms. The monoisotopic (exact) mass is 317 g/mol. The lowest BCUT2D eigenvalue weighted by atomic mass is 10.1. The zero-order chi connectivity index (χ0) is 14.7. The average molecular weight is 318 g/mol. The van der Waals surface area contributed by atoms with Gasteiger partial charge in [-0.2, -0.15) is 0 Å². The number of fused-ring (bicyclic) bond motifs is 1. The Morgan fingerprint density at radius 2 is 1.90 bits per heavy atom. The maximum atomic E-state index is 12.3. The topological polar surface area (TPSA) is 29.1 Å². The van der Waals surface area contributed by atoms with Crippen molar-refractivity contribution in [2.24, 2.45) is 0 Å². The van der Waals surface area contributed by atoms with Crippen LogP contribution in [0, 0.1) is 0 Å². The first kappa shape index (κ1) is 14.5. The van der Waals surface area contributed by atoms with Gasteiger partial charge in [0.25, 0.3) is 0 Å². The Morgan fingerprint density at radius 3 is 2.67 bits per heavy atom. The van der Waals surface area contributed by atoms with Crippen LogP contribution in [0.15, 0.2) is 59.5 Å². The van der Waals surface area contributed by atoms with E-state index in [4.69, 9.17) is 11.6 Å². The highest BCUT2D eigenvalue weighted by Gasteiger charge is 2.28. The van der Waals surface area contributed by atoms with E-state index in [0.29, 0.717) is 6.54 Å². The van der Waals surface area contributed by atoms with Crippen LogP contribution in [0.2, 0.25) is 0 Å². The van der Waals surface area contributed by atoms with Gasteiger partial charge >= 0.3 is 0 Å². The van der Waals surface area contributed by atoms with Gasteiger partial charge in [0.05, 0.1) is 10.6 Å². The van der Waals surface area contributed by atoms with E-state index in [1.54, 1.807) is 11.8 Å². The van der Waals surface area contributed by atoms with E-state index in [9.17, 15) is 4.79 Å². The van der Waals surface area contributed by atoms with Gasteiger partial charge in [-0.1, -0.05) is 48.5 Å². The number of thioether (sulfide) groups is 1. The number of amides is 1. The van der Waals surface area contributed by atoms with Crippen LogP contribution < -0.4 is 5.32 Å². The van der Waals surface area contributed by atoms with Crippen molar-refractivity contribution in [3.8, 4) is 0 Å². The van der Waals surface area contributed by atoms with Gasteiger partial charge in [0.15, 0.2) is 0 Å². The minimum absolute atomic E-state index is 0.0398. The number of hydrogen-bond acceptors (Lipinski definition) is 2. The van der Waals surface area contributed by atoms with Crippen molar-refractivity contribution in [2.45, 2.75) is 21.9 Å². The SMILES string of the molecule is O=C(NCC(Cl)c1ccccc1)C1Cc2ccccc2S1. The van der Waals surface area contributed by atoms with Gasteiger partial charge in [0, 0.05) is 11.4 Å². The molecular formula is C17H16ClNOS. The van der Waals surface area contributed by atoms with E-state index in [1.165, 1.54) is 10.5 Å². The molecule has 1 aliphatic rings. The first-order valence-corrected chi connectivity index (χ1v) is 8.27. The molecule has 2 aromatic rings. The highest BCUT2D eigenvalue weighted by Crippen LogP contribution is 2.36. The fourth-order valence-electron chi connectivity index (χ4n) is 2.41. The normalized spacial score (nSPS) is 18.0. The standard InChI is InChI=1S/C17H16ClNOS/c18-14(12-6-2-1-3-7-12)11-19-17(20)16-10-13-8-4-5-9-15(13)21-16/h1-9,14,16H,10-11H2,(H,19,20). The summed E-state index contributed by atoms with van der Waals surface area (Å²) >= 11 is 7.96. The smallest absolute Gasteiger partial charge is 0.233 e. The van der Waals surface area contributed by atoms with E-state index >= 15 is 0 Å². The molecule has 1 aliphatic heterocycles. The molecule has 0 saturated heterocycles. The van der Waals surface area contributed by atoms with E-state index in [0.717, 1.165) is 12.0 Å². The van der Waals surface area contributed by atoms with Crippen LogP contribution in [0.25, 0.3) is 0 Å². The number of hydrogen-bond donors (Lipinski definition) is 1. The molecule has 1 amide bonds. The Morgan fingerprint density at radius 1 is 1.19 bits per heavy atom. The van der Waals surface area contributed by atoms with Gasteiger partial charge in [-0.3, -0.25) is 4.79 Å². The molecule has 3 rings (SSSR count). The highest BCUT2D eigenvalue weighted by molar-refractivity contribution is 8.01. The number of carbonyl (C=O) groups excluding carboxylic acids is 1. The number of halogens is 1. The number of benzene rings is 2. The van der Waals surface area contributed by atoms with Crippen LogP contribution in [0.1, 0.15) is 16.5 Å². The van der Waals surface area contributed by atoms with Gasteiger partial charge in [-0.05, 0) is 23.6 Å². The van der Waals surface area contributed by atoms with Crippen LogP contribution in [0.3, 0.4) is 0 Å². The molecular weight excluding hydrogens is 302 g/mol. The average Bonchev–Trinajstić information content (AvgIpc) is 2.97. The molecule has 2 nitrogen and oxygen atoms in total. The van der Waals surface area contributed by atoms with Gasteiger partial charge < -0.3 is 5.32 Å². The first-order chi connectivity index (χ1) is 10.2. The lowest BCUT2D eigenvalue weighted by Gasteiger charge is -2.13. The van der Waals surface area contributed by atoms with Crippen molar-refractivity contribution in [3.05, 3.63) is 65.7 Å². The summed E-state index contributed by atoms with van der Waals surface area (Å²) in [7, 11) is 0. The lowest BCUT2D eigenvalue weighted by molar-refractivity contribution is -0.120. The molecule has 0 aromatic heterocycles. The van der Waals surface area contributed by atoms with Crippen LogP contribution in [0.5, 0.6) is 0 Å². The zero-order valence-corrected chi connectivity index (χ0v) is 13.0. The summed E-state index contributed by atoms with van der Waals surface area (Å²) in [5.74, 6) is 0.0674. The van der Waals surface area contributed by atoms with Gasteiger partial charge in [-0.15, -0.1) is 23.4 Å². The second-order valence-electron chi connectivity index (χ2n) is 5.04. The largest absolute Gasteiger partial charge is 0.353 e. The maximum absolute atomic E-state index is 12.3. The Kier molecular flexibility index (Phi) is 4.51. The minimum Gasteiger partial charge on any atom is -0.353 e. The molecule has 0 fully saturated rings. The summed E-state index contributed by atoms with van der Waals surface area (Å²) in [6.45, 7) is 0.456. The Balaban J connectivity index is 1.54. The third-order valence-corrected chi connectivity index (χ3v) is 5.28. The van der Waals surface area contributed by atoms with Crippen LogP contribution in [-0.2, 0) is 11.2 Å². The van der Waals surface area contributed by atoms with E-state index in [1.807, 2.05) is 42.5 Å². The van der Waals surface area contributed by atoms with Crippen LogP contribution >= 0.6 is 23.4 Å². The fourth-order valence-corrected chi connectivity index (χ4v) is 3.85. The molecule has 2 atom stereocenters. The first-order valence-electron chi connectivity index (χ1n) is 6.95. The molecule has 0 saturated carbocycles. The van der Waals surface area contributed by atoms with E-state index in [2.05, 4.69) is 17.4 Å². The number of carbonyl (C=O) groups is 1. The number of alkyl halides is 1. The predicted molar refractivity (Wildman–Crippen MR) is 87.8 cm³/mol. The summed E-state index contributed by atoms with van der Waals surface area (Å²) in [5, 5.41) is 2.74. The summed E-state index contributed by atoms with van der Waals surface area (Å²) < 4.78 is 0. The van der Waals surface area contributed by atoms with Gasteiger partial charge in [0.1, 0.15) is 0 Å². The summed E-state index contributed by atoms with van der Waals surface area (Å²) in [6.07, 6.45) is 0.797. The quantitative estimate of drug-likeness (QED) is 0.869. The van der Waals surface area contributed by atoms with Gasteiger partial charge in [0.2, 0.25) is 5.91 Å². The molecule has 1 heterocycles. The Bertz CT molecular complexity index is 607. The van der Waals surface area contributed by atoms with Crippen molar-refractivity contribution >= 4 is 29.3 Å². The highest BCUT2D eigenvalue weighted by atomic mass is 35.5. The maximum Gasteiger partial charge on any atom is 0.233 e. The number of rotatable bonds is 4. The third-order valence-electron chi connectivity index (χ3n) is 3.56. The molecule has 1 N–H and O–H groups in total. The van der Waals surface area contributed by atoms with Crippen molar-refractivity contribution < 1.29 is 4.79 Å². The molecule has 0 spiro atoms. The van der Waals surface area contributed by atoms with Crippen molar-refractivity contribution in [2.75, 3.05) is 6.54 Å². The summed E-state index contributed by atoms with van der Waals surface area (Å²) in [4.78, 5) is 13.5. The van der Waals surface area contributed by atoms with Crippen molar-refractivity contribution in [1.29, 1.82) is 0 Å². The van der Waals surface area contributed by atoms with Crippen LogP contribution in [0.4, 0.5) is 0 Å². The minimum atomic E-state index is -0.191. The molecule has 0 bridgehead atoms. The molecule has 108 valence electrons. The van der Waals surface area contributed by atoms with Gasteiger partial charge in [-0.25, -0.2) is 0 Å². The van der Waals surface area contributed by atoms with Crippen molar-refractivity contribution in [1.82, 2.24) is 5.32 Å². The number of nitrogens with one attached hydrogen (secondary N) is 1. The third kappa shape index (κ3) is 3.42. The zero-order valence-electron chi connectivity index (χ0n) is 11.5. The van der Waals surface area contributed by atoms with Crippen LogP contribution in [-0.4, -0.2) is 17.7 Å². The van der Waals surface area contributed by atoms with E-state index in [-0.39, 0.29) is 16.5 Å². The molecule has 0 radical (unpaired) electrons. The lowest BCUT2D eigenvalue weighted by Crippen LogP contribution is -2.34. The summed E-state index contributed by atoms with van der Waals surface area (Å²) in [6, 6.07) is 18.0. The molecule has 2 aromatic carbocycles. The molecule has 0 aliphatic carbocycles. The van der Waals surface area contributed by atoms with Crippen molar-refractivity contribution in [3.63, 3.8) is 0 Å². The van der Waals surface area contributed by atoms with E-state index < -0.39 is 0 Å². The predicted octanol–water partition coefficient (Wildman–Crippen LogP) is 3.80. The second-order valence-corrected chi connectivity index (χ2v) is 6.81. The fraction of sp³-hybridized carbons (Fsp3) is 0.235. The molecule has 2 unspecified atom stereocenters. The second kappa shape index (κ2) is 6.54. The Hall–Kier alpha value is -1.45. The molecule has 4 heteroatoms.